The van der Waals surface area contributed by atoms with Crippen LogP contribution in [0.3, 0.4) is 0 Å². The van der Waals surface area contributed by atoms with Gasteiger partial charge in [0, 0.05) is 38.3 Å². The molecule has 1 fully saturated rings. The SMILES string of the molecule is CCCn1c(CN2CCc3c(nc(N4CCOCC4)[nH]c3=O)C2)nc2ccccc21. The standard InChI is InChI=1S/C22H28N6O2/c1-2-8-28-19-6-4-3-5-17(19)23-20(28)15-26-9-7-16-18(14-26)24-22(25-21(16)29)27-10-12-30-13-11-27/h3-6H,2,7-15H2,1H3,(H,24,25,29). The van der Waals surface area contributed by atoms with E-state index >= 15 is 0 Å². The molecular formula is C22H28N6O2. The summed E-state index contributed by atoms with van der Waals surface area (Å²) in [5, 5.41) is 0. The van der Waals surface area contributed by atoms with Crippen LogP contribution in [0.2, 0.25) is 0 Å². The maximum atomic E-state index is 12.7. The number of aromatic nitrogens is 4. The molecule has 0 amide bonds. The highest BCUT2D eigenvalue weighted by molar-refractivity contribution is 5.75. The smallest absolute Gasteiger partial charge is 0.255 e. The molecule has 2 aliphatic heterocycles. The zero-order chi connectivity index (χ0) is 20.5. The normalized spacial score (nSPS) is 17.4. The minimum atomic E-state index is -0.000589. The molecule has 0 radical (unpaired) electrons. The third-order valence-corrected chi connectivity index (χ3v) is 6.00. The molecule has 8 nitrogen and oxygen atoms in total. The van der Waals surface area contributed by atoms with E-state index in [9.17, 15) is 4.79 Å². The van der Waals surface area contributed by atoms with E-state index in [0.29, 0.717) is 25.7 Å². The van der Waals surface area contributed by atoms with Gasteiger partial charge in [0.15, 0.2) is 0 Å². The van der Waals surface area contributed by atoms with Crippen molar-refractivity contribution in [1.29, 1.82) is 0 Å². The van der Waals surface area contributed by atoms with Crippen LogP contribution in [0.5, 0.6) is 0 Å². The molecule has 0 spiro atoms. The summed E-state index contributed by atoms with van der Waals surface area (Å²) in [4.78, 5) is 29.8. The van der Waals surface area contributed by atoms with Crippen LogP contribution in [0.4, 0.5) is 5.95 Å². The Labute approximate surface area is 175 Å². The van der Waals surface area contributed by atoms with Crippen LogP contribution >= 0.6 is 0 Å². The van der Waals surface area contributed by atoms with Gasteiger partial charge in [0.25, 0.3) is 5.56 Å². The lowest BCUT2D eigenvalue weighted by Crippen LogP contribution is -2.40. The minimum absolute atomic E-state index is 0.000589. The Bertz CT molecular complexity index is 1100. The van der Waals surface area contributed by atoms with Crippen molar-refractivity contribution in [2.75, 3.05) is 37.7 Å². The first-order chi connectivity index (χ1) is 14.7. The Hall–Kier alpha value is -2.71. The average Bonchev–Trinajstić information content (AvgIpc) is 3.11. The van der Waals surface area contributed by atoms with Gasteiger partial charge < -0.3 is 14.2 Å². The van der Waals surface area contributed by atoms with Crippen LogP contribution < -0.4 is 10.5 Å². The van der Waals surface area contributed by atoms with E-state index < -0.39 is 0 Å². The third-order valence-electron chi connectivity index (χ3n) is 6.00. The molecule has 3 aromatic rings. The van der Waals surface area contributed by atoms with Gasteiger partial charge in [-0.3, -0.25) is 14.7 Å². The first-order valence-electron chi connectivity index (χ1n) is 10.8. The van der Waals surface area contributed by atoms with Crippen molar-refractivity contribution in [3.63, 3.8) is 0 Å². The molecule has 2 aliphatic rings. The lowest BCUT2D eigenvalue weighted by Gasteiger charge is -2.30. The number of H-pyrrole nitrogens is 1. The first-order valence-corrected chi connectivity index (χ1v) is 10.8. The zero-order valence-electron chi connectivity index (χ0n) is 17.4. The maximum Gasteiger partial charge on any atom is 0.255 e. The van der Waals surface area contributed by atoms with Gasteiger partial charge in [-0.1, -0.05) is 19.1 Å². The van der Waals surface area contributed by atoms with Crippen molar-refractivity contribution < 1.29 is 4.74 Å². The molecule has 5 rings (SSSR count). The number of para-hydroxylation sites is 2. The van der Waals surface area contributed by atoms with Crippen molar-refractivity contribution in [2.24, 2.45) is 0 Å². The Balaban J connectivity index is 1.40. The van der Waals surface area contributed by atoms with Crippen LogP contribution in [0.15, 0.2) is 29.1 Å². The van der Waals surface area contributed by atoms with Crippen LogP contribution in [-0.2, 0) is 30.8 Å². The number of nitrogens with one attached hydrogen (secondary N) is 1. The number of nitrogens with zero attached hydrogens (tertiary/aromatic N) is 5. The average molecular weight is 409 g/mol. The van der Waals surface area contributed by atoms with Gasteiger partial charge in [-0.2, -0.15) is 0 Å². The number of hydrogen-bond donors (Lipinski definition) is 1. The number of aromatic amines is 1. The summed E-state index contributed by atoms with van der Waals surface area (Å²) in [6.45, 7) is 8.27. The van der Waals surface area contributed by atoms with E-state index in [2.05, 4.69) is 44.5 Å². The van der Waals surface area contributed by atoms with Gasteiger partial charge in [-0.05, 0) is 25.0 Å². The topological polar surface area (TPSA) is 79.3 Å². The van der Waals surface area contributed by atoms with Gasteiger partial charge in [0.2, 0.25) is 5.95 Å². The molecule has 4 heterocycles. The second-order valence-electron chi connectivity index (χ2n) is 8.04. The number of ether oxygens (including phenoxy) is 1. The lowest BCUT2D eigenvalue weighted by atomic mass is 10.1. The fourth-order valence-electron chi connectivity index (χ4n) is 4.46. The number of morpholine rings is 1. The Morgan fingerprint density at radius 2 is 1.97 bits per heavy atom. The summed E-state index contributed by atoms with van der Waals surface area (Å²) in [6, 6.07) is 8.32. The fourth-order valence-corrected chi connectivity index (χ4v) is 4.46. The van der Waals surface area contributed by atoms with E-state index in [1.165, 1.54) is 5.52 Å². The number of anilines is 1. The van der Waals surface area contributed by atoms with Crippen LogP contribution in [-0.4, -0.2) is 57.3 Å². The number of rotatable bonds is 5. The van der Waals surface area contributed by atoms with Gasteiger partial charge in [0.1, 0.15) is 5.82 Å². The van der Waals surface area contributed by atoms with E-state index in [1.54, 1.807) is 0 Å². The number of aryl methyl sites for hydroxylation is 1. The highest BCUT2D eigenvalue weighted by Crippen LogP contribution is 2.22. The monoisotopic (exact) mass is 408 g/mol. The van der Waals surface area contributed by atoms with Crippen molar-refractivity contribution >= 4 is 17.0 Å². The number of hydrogen-bond acceptors (Lipinski definition) is 6. The largest absolute Gasteiger partial charge is 0.378 e. The summed E-state index contributed by atoms with van der Waals surface area (Å²) in [7, 11) is 0. The van der Waals surface area contributed by atoms with Crippen molar-refractivity contribution in [3.8, 4) is 0 Å². The molecule has 0 saturated carbocycles. The molecule has 0 atom stereocenters. The highest BCUT2D eigenvalue weighted by Gasteiger charge is 2.24. The van der Waals surface area contributed by atoms with E-state index in [0.717, 1.165) is 68.2 Å². The van der Waals surface area contributed by atoms with Crippen LogP contribution in [0.1, 0.15) is 30.4 Å². The molecular weight excluding hydrogens is 380 g/mol. The van der Waals surface area contributed by atoms with Gasteiger partial charge in [-0.25, -0.2) is 9.97 Å². The number of imidazole rings is 1. The van der Waals surface area contributed by atoms with E-state index in [-0.39, 0.29) is 5.56 Å². The molecule has 2 aromatic heterocycles. The Morgan fingerprint density at radius 3 is 2.80 bits per heavy atom. The van der Waals surface area contributed by atoms with Crippen molar-refractivity contribution in [2.45, 2.75) is 39.4 Å². The third kappa shape index (κ3) is 3.61. The molecule has 8 heteroatoms. The summed E-state index contributed by atoms with van der Waals surface area (Å²) in [6.07, 6.45) is 1.78. The van der Waals surface area contributed by atoms with Crippen molar-refractivity contribution in [1.82, 2.24) is 24.4 Å². The molecule has 1 N–H and O–H groups in total. The summed E-state index contributed by atoms with van der Waals surface area (Å²) in [5.41, 5.74) is 3.95. The van der Waals surface area contributed by atoms with Gasteiger partial charge in [-0.15, -0.1) is 0 Å². The fraction of sp³-hybridized carbons (Fsp3) is 0.500. The first kappa shape index (κ1) is 19.3. The highest BCUT2D eigenvalue weighted by atomic mass is 16.5. The molecule has 1 saturated heterocycles. The maximum absolute atomic E-state index is 12.7. The van der Waals surface area contributed by atoms with Gasteiger partial charge >= 0.3 is 0 Å². The minimum Gasteiger partial charge on any atom is -0.378 e. The van der Waals surface area contributed by atoms with E-state index in [4.69, 9.17) is 14.7 Å². The number of benzene rings is 1. The predicted octanol–water partition coefficient (Wildman–Crippen LogP) is 1.92. The lowest BCUT2D eigenvalue weighted by molar-refractivity contribution is 0.122. The van der Waals surface area contributed by atoms with E-state index in [1.807, 2.05) is 6.07 Å². The molecule has 1 aromatic carbocycles. The Kier molecular flexibility index (Phi) is 5.26. The molecule has 158 valence electrons. The summed E-state index contributed by atoms with van der Waals surface area (Å²) < 4.78 is 7.75. The molecule has 30 heavy (non-hydrogen) atoms. The summed E-state index contributed by atoms with van der Waals surface area (Å²) in [5.74, 6) is 1.75. The number of fused-ring (bicyclic) bond motifs is 2. The Morgan fingerprint density at radius 1 is 1.13 bits per heavy atom. The molecule has 0 unspecified atom stereocenters. The second-order valence-corrected chi connectivity index (χ2v) is 8.04. The van der Waals surface area contributed by atoms with Crippen molar-refractivity contribution in [3.05, 3.63) is 51.7 Å². The molecule has 0 bridgehead atoms. The van der Waals surface area contributed by atoms with Crippen LogP contribution in [0.25, 0.3) is 11.0 Å². The van der Waals surface area contributed by atoms with Gasteiger partial charge in [0.05, 0.1) is 36.5 Å². The zero-order valence-corrected chi connectivity index (χ0v) is 17.4. The summed E-state index contributed by atoms with van der Waals surface area (Å²) >= 11 is 0. The van der Waals surface area contributed by atoms with Crippen LogP contribution in [0, 0.1) is 0 Å². The second kappa shape index (κ2) is 8.20. The predicted molar refractivity (Wildman–Crippen MR) is 116 cm³/mol. The quantitative estimate of drug-likeness (QED) is 0.695. The molecule has 0 aliphatic carbocycles.